The molecule has 1 aromatic rings. The van der Waals surface area contributed by atoms with Gasteiger partial charge in [-0.3, -0.25) is 9.78 Å². The number of carbonyl (C=O) groups excluding carboxylic acids is 1. The fourth-order valence-corrected chi connectivity index (χ4v) is 1.84. The zero-order chi connectivity index (χ0) is 12.7. The first-order valence-electron chi connectivity index (χ1n) is 4.88. The zero-order valence-corrected chi connectivity index (χ0v) is 10.9. The summed E-state index contributed by atoms with van der Waals surface area (Å²) in [4.78, 5) is 15.3. The summed E-state index contributed by atoms with van der Waals surface area (Å²) in [5, 5.41) is 1.82. The largest absolute Gasteiger partial charge is 0.471 e. The number of aromatic nitrogens is 1. The van der Waals surface area contributed by atoms with E-state index < -0.39 is 12.1 Å². The average molecular weight is 301 g/mol. The van der Waals surface area contributed by atoms with Gasteiger partial charge in [0.15, 0.2) is 0 Å². The van der Waals surface area contributed by atoms with Crippen molar-refractivity contribution in [2.75, 3.05) is 12.3 Å². The molecule has 0 saturated carbocycles. The van der Waals surface area contributed by atoms with E-state index >= 15 is 0 Å². The lowest BCUT2D eigenvalue weighted by Gasteiger charge is -2.07. The molecule has 1 aromatic heterocycles. The van der Waals surface area contributed by atoms with E-state index in [0.717, 1.165) is 4.90 Å². The summed E-state index contributed by atoms with van der Waals surface area (Å²) >= 11 is 1.51. The molecule has 0 saturated heterocycles. The maximum absolute atomic E-state index is 11.8. The second kappa shape index (κ2) is 8.20. The number of halogens is 4. The number of hydrogen-bond acceptors (Lipinski definition) is 3. The van der Waals surface area contributed by atoms with Crippen LogP contribution in [0.2, 0.25) is 0 Å². The van der Waals surface area contributed by atoms with Crippen LogP contribution in [0.3, 0.4) is 0 Å². The molecule has 0 aliphatic rings. The molecule has 0 atom stereocenters. The van der Waals surface area contributed by atoms with Crippen molar-refractivity contribution in [3.05, 3.63) is 24.5 Å². The van der Waals surface area contributed by atoms with Gasteiger partial charge >= 0.3 is 12.1 Å². The highest BCUT2D eigenvalue weighted by molar-refractivity contribution is 7.99. The minimum atomic E-state index is -4.79. The van der Waals surface area contributed by atoms with Gasteiger partial charge in [-0.05, 0) is 24.3 Å². The zero-order valence-electron chi connectivity index (χ0n) is 9.24. The van der Waals surface area contributed by atoms with Gasteiger partial charge in [0.1, 0.15) is 0 Å². The lowest BCUT2D eigenvalue weighted by Crippen LogP contribution is -2.37. The Kier molecular flexibility index (Phi) is 7.77. The van der Waals surface area contributed by atoms with Crippen molar-refractivity contribution < 1.29 is 18.0 Å². The van der Waals surface area contributed by atoms with Crippen molar-refractivity contribution in [2.24, 2.45) is 0 Å². The number of thioether (sulfide) groups is 1. The molecular formula is C10H12ClF3N2OS. The molecule has 3 nitrogen and oxygen atoms in total. The number of nitrogens with zero attached hydrogens (tertiary/aromatic N) is 1. The smallest absolute Gasteiger partial charge is 0.348 e. The van der Waals surface area contributed by atoms with Gasteiger partial charge < -0.3 is 5.32 Å². The van der Waals surface area contributed by atoms with Gasteiger partial charge in [-0.1, -0.05) is 0 Å². The van der Waals surface area contributed by atoms with E-state index in [1.54, 1.807) is 12.4 Å². The third-order valence-corrected chi connectivity index (χ3v) is 2.88. The van der Waals surface area contributed by atoms with Crippen LogP contribution in [-0.4, -0.2) is 29.4 Å². The SMILES string of the molecule is Cl.O=C(NCCCSc1ccncc1)C(F)(F)F. The van der Waals surface area contributed by atoms with Crippen LogP contribution >= 0.6 is 24.2 Å². The molecule has 0 fully saturated rings. The molecule has 8 heteroatoms. The lowest BCUT2D eigenvalue weighted by molar-refractivity contribution is -0.173. The van der Waals surface area contributed by atoms with E-state index in [1.165, 1.54) is 11.8 Å². The van der Waals surface area contributed by atoms with Crippen molar-refractivity contribution in [1.82, 2.24) is 10.3 Å². The van der Waals surface area contributed by atoms with Crippen LogP contribution in [0.15, 0.2) is 29.4 Å². The Balaban J connectivity index is 0.00000289. The Labute approximate surface area is 113 Å². The topological polar surface area (TPSA) is 42.0 Å². The molecule has 102 valence electrons. The number of hydrogen-bond donors (Lipinski definition) is 1. The third-order valence-electron chi connectivity index (χ3n) is 1.78. The van der Waals surface area contributed by atoms with Crippen molar-refractivity contribution in [3.63, 3.8) is 0 Å². The van der Waals surface area contributed by atoms with Crippen molar-refractivity contribution in [1.29, 1.82) is 0 Å². The number of amides is 1. The van der Waals surface area contributed by atoms with Crippen LogP contribution in [0.1, 0.15) is 6.42 Å². The second-order valence-corrected chi connectivity index (χ2v) is 4.31. The predicted octanol–water partition coefficient (Wildman–Crippen LogP) is 2.66. The van der Waals surface area contributed by atoms with Crippen LogP contribution < -0.4 is 5.32 Å². The molecule has 0 aliphatic heterocycles. The fraction of sp³-hybridized carbons (Fsp3) is 0.400. The Bertz CT molecular complexity index is 362. The summed E-state index contributed by atoms with van der Waals surface area (Å²) < 4.78 is 35.4. The van der Waals surface area contributed by atoms with Gasteiger partial charge in [0, 0.05) is 23.8 Å². The molecular weight excluding hydrogens is 289 g/mol. The van der Waals surface area contributed by atoms with E-state index in [2.05, 4.69) is 4.98 Å². The normalized spacial score (nSPS) is 10.6. The van der Waals surface area contributed by atoms with Crippen LogP contribution in [0.5, 0.6) is 0 Å². The summed E-state index contributed by atoms with van der Waals surface area (Å²) in [6.07, 6.45) is -1.02. The van der Waals surface area contributed by atoms with Gasteiger partial charge in [0.2, 0.25) is 0 Å². The second-order valence-electron chi connectivity index (χ2n) is 3.14. The molecule has 0 spiro atoms. The van der Waals surface area contributed by atoms with Crippen molar-refractivity contribution in [2.45, 2.75) is 17.5 Å². The molecule has 0 bridgehead atoms. The Morgan fingerprint density at radius 1 is 1.33 bits per heavy atom. The molecule has 1 N–H and O–H groups in total. The van der Waals surface area contributed by atoms with Crippen LogP contribution in [-0.2, 0) is 4.79 Å². The molecule has 18 heavy (non-hydrogen) atoms. The molecule has 0 aliphatic carbocycles. The quantitative estimate of drug-likeness (QED) is 0.671. The molecule has 1 amide bonds. The number of nitrogens with one attached hydrogen (secondary N) is 1. The van der Waals surface area contributed by atoms with Gasteiger partial charge in [0.05, 0.1) is 0 Å². The fourth-order valence-electron chi connectivity index (χ4n) is 0.999. The summed E-state index contributed by atoms with van der Waals surface area (Å²) in [6.45, 7) is 0.0242. The highest BCUT2D eigenvalue weighted by Crippen LogP contribution is 2.17. The summed E-state index contributed by atoms with van der Waals surface area (Å²) in [5.41, 5.74) is 0. The number of carbonyl (C=O) groups is 1. The Morgan fingerprint density at radius 3 is 2.50 bits per heavy atom. The van der Waals surface area contributed by atoms with Gasteiger partial charge in [0.25, 0.3) is 0 Å². The number of pyridine rings is 1. The summed E-state index contributed by atoms with van der Waals surface area (Å²) in [6, 6.07) is 3.64. The molecule has 1 rings (SSSR count). The van der Waals surface area contributed by atoms with Gasteiger partial charge in [-0.25, -0.2) is 0 Å². The van der Waals surface area contributed by atoms with Gasteiger partial charge in [-0.2, -0.15) is 13.2 Å². The van der Waals surface area contributed by atoms with E-state index in [9.17, 15) is 18.0 Å². The minimum Gasteiger partial charge on any atom is -0.348 e. The van der Waals surface area contributed by atoms with Crippen LogP contribution in [0.4, 0.5) is 13.2 Å². The Hall–Kier alpha value is -0.950. The van der Waals surface area contributed by atoms with E-state index in [-0.39, 0.29) is 19.0 Å². The van der Waals surface area contributed by atoms with E-state index in [0.29, 0.717) is 12.2 Å². The highest BCUT2D eigenvalue weighted by atomic mass is 35.5. The minimum absolute atomic E-state index is 0. The first-order chi connectivity index (χ1) is 8.00. The maximum Gasteiger partial charge on any atom is 0.471 e. The van der Waals surface area contributed by atoms with E-state index in [1.807, 2.05) is 17.4 Å². The molecule has 0 aromatic carbocycles. The molecule has 0 unspecified atom stereocenters. The molecule has 0 radical (unpaired) electrons. The predicted molar refractivity (Wildman–Crippen MR) is 65.9 cm³/mol. The highest BCUT2D eigenvalue weighted by Gasteiger charge is 2.38. The van der Waals surface area contributed by atoms with Crippen LogP contribution in [0.25, 0.3) is 0 Å². The summed E-state index contributed by atoms with van der Waals surface area (Å²) in [7, 11) is 0. The average Bonchev–Trinajstić information content (AvgIpc) is 2.28. The van der Waals surface area contributed by atoms with Crippen molar-refractivity contribution in [3.8, 4) is 0 Å². The monoisotopic (exact) mass is 300 g/mol. The number of alkyl halides is 3. The van der Waals surface area contributed by atoms with Crippen LogP contribution in [0, 0.1) is 0 Å². The van der Waals surface area contributed by atoms with Crippen molar-refractivity contribution >= 4 is 30.1 Å². The van der Waals surface area contributed by atoms with E-state index in [4.69, 9.17) is 0 Å². The molecule has 1 heterocycles. The summed E-state index contributed by atoms with van der Waals surface area (Å²) in [5.74, 6) is -1.24. The standard InChI is InChI=1S/C10H11F3N2OS.ClH/c11-10(12,13)9(16)15-4-1-7-17-8-2-5-14-6-3-8;/h2-3,5-6H,1,4,7H2,(H,15,16);1H. The number of rotatable bonds is 5. The third kappa shape index (κ3) is 6.70. The Morgan fingerprint density at radius 2 is 1.94 bits per heavy atom. The maximum atomic E-state index is 11.8. The first kappa shape index (κ1) is 17.1. The lowest BCUT2D eigenvalue weighted by atomic mass is 10.4. The van der Waals surface area contributed by atoms with Gasteiger partial charge in [-0.15, -0.1) is 24.2 Å². The first-order valence-corrected chi connectivity index (χ1v) is 5.86.